The minimum Gasteiger partial charge on any atom is -0.321 e. The maximum atomic E-state index is 5.85. The average molecular weight is 161 g/mol. The lowest BCUT2D eigenvalue weighted by atomic mass is 9.98. The van der Waals surface area contributed by atoms with Crippen LogP contribution in [0.25, 0.3) is 0 Å². The molecule has 2 N–H and O–H groups in total. The molecule has 12 heavy (non-hydrogen) atoms. The van der Waals surface area contributed by atoms with Gasteiger partial charge in [-0.25, -0.2) is 0 Å². The molecule has 0 aliphatic carbocycles. The Morgan fingerprint density at radius 3 is 2.67 bits per heavy atom. The highest BCUT2D eigenvalue weighted by Gasteiger charge is 2.05. The first-order valence-corrected chi connectivity index (χ1v) is 4.11. The normalized spacial score (nSPS) is 12.6. The van der Waals surface area contributed by atoms with E-state index in [0.29, 0.717) is 0 Å². The minimum absolute atomic E-state index is 0.0371. The van der Waals surface area contributed by atoms with Gasteiger partial charge in [-0.2, -0.15) is 0 Å². The highest BCUT2D eigenvalue weighted by atomic mass is 14.6. The van der Waals surface area contributed by atoms with Crippen LogP contribution in [0.3, 0.4) is 0 Å². The second-order valence-corrected chi connectivity index (χ2v) is 3.05. The lowest BCUT2D eigenvalue weighted by molar-refractivity contribution is 0.899. The van der Waals surface area contributed by atoms with Gasteiger partial charge in [0.2, 0.25) is 0 Å². The second kappa shape index (κ2) is 3.55. The van der Waals surface area contributed by atoms with E-state index in [1.807, 2.05) is 6.07 Å². The number of benzene rings is 1. The zero-order valence-corrected chi connectivity index (χ0v) is 7.67. The van der Waals surface area contributed by atoms with Crippen molar-refractivity contribution in [2.45, 2.75) is 19.9 Å². The van der Waals surface area contributed by atoms with Crippen LogP contribution in [-0.4, -0.2) is 0 Å². The summed E-state index contributed by atoms with van der Waals surface area (Å²) >= 11 is 0. The van der Waals surface area contributed by atoms with Crippen LogP contribution in [0.2, 0.25) is 0 Å². The number of aryl methyl sites for hydroxylation is 1. The summed E-state index contributed by atoms with van der Waals surface area (Å²) in [7, 11) is 0. The van der Waals surface area contributed by atoms with E-state index < -0.39 is 0 Å². The quantitative estimate of drug-likeness (QED) is 0.662. The summed E-state index contributed by atoms with van der Waals surface area (Å²) < 4.78 is 0. The molecule has 1 rings (SSSR count). The van der Waals surface area contributed by atoms with Crippen molar-refractivity contribution in [3.05, 3.63) is 47.5 Å². The Morgan fingerprint density at radius 1 is 1.42 bits per heavy atom. The molecular formula is C11H15N. The monoisotopic (exact) mass is 161 g/mol. The summed E-state index contributed by atoms with van der Waals surface area (Å²) in [6.45, 7) is 7.87. The third kappa shape index (κ3) is 1.56. The minimum atomic E-state index is -0.0371. The molecule has 0 fully saturated rings. The van der Waals surface area contributed by atoms with Crippen molar-refractivity contribution >= 4 is 0 Å². The van der Waals surface area contributed by atoms with E-state index in [-0.39, 0.29) is 6.04 Å². The van der Waals surface area contributed by atoms with Gasteiger partial charge in [-0.15, -0.1) is 6.58 Å². The fourth-order valence-corrected chi connectivity index (χ4v) is 1.26. The van der Waals surface area contributed by atoms with Crippen molar-refractivity contribution in [2.24, 2.45) is 5.73 Å². The van der Waals surface area contributed by atoms with Crippen LogP contribution in [0, 0.1) is 13.8 Å². The fourth-order valence-electron chi connectivity index (χ4n) is 1.26. The molecule has 0 aliphatic heterocycles. The van der Waals surface area contributed by atoms with E-state index in [1.165, 1.54) is 16.7 Å². The Labute approximate surface area is 73.9 Å². The molecule has 0 saturated heterocycles. The molecule has 0 aliphatic rings. The van der Waals surface area contributed by atoms with Gasteiger partial charge in [0.15, 0.2) is 0 Å². The first-order chi connectivity index (χ1) is 5.66. The Hall–Kier alpha value is -1.08. The molecule has 0 amide bonds. The van der Waals surface area contributed by atoms with Crippen LogP contribution in [0.15, 0.2) is 30.9 Å². The number of rotatable bonds is 2. The maximum Gasteiger partial charge on any atom is 0.0481 e. The molecule has 0 bridgehead atoms. The standard InChI is InChI=1S/C11H15N/c1-4-11(12)10-7-5-6-8(2)9(10)3/h4-7,11H,1,12H2,2-3H3/t11-/m1/s1. The molecule has 0 radical (unpaired) electrons. The zero-order chi connectivity index (χ0) is 9.14. The van der Waals surface area contributed by atoms with Crippen LogP contribution in [0.1, 0.15) is 22.7 Å². The van der Waals surface area contributed by atoms with Crippen molar-refractivity contribution in [1.82, 2.24) is 0 Å². The van der Waals surface area contributed by atoms with Crippen molar-refractivity contribution in [2.75, 3.05) is 0 Å². The lowest BCUT2D eigenvalue weighted by Gasteiger charge is -2.11. The van der Waals surface area contributed by atoms with E-state index in [1.54, 1.807) is 6.08 Å². The van der Waals surface area contributed by atoms with Gasteiger partial charge in [-0.05, 0) is 30.5 Å². The van der Waals surface area contributed by atoms with E-state index in [2.05, 4.69) is 32.6 Å². The van der Waals surface area contributed by atoms with E-state index in [4.69, 9.17) is 5.73 Å². The third-order valence-corrected chi connectivity index (χ3v) is 2.26. The number of nitrogens with two attached hydrogens (primary N) is 1. The van der Waals surface area contributed by atoms with Crippen LogP contribution in [0.5, 0.6) is 0 Å². The Balaban J connectivity index is 3.15. The topological polar surface area (TPSA) is 26.0 Å². The van der Waals surface area contributed by atoms with Gasteiger partial charge in [-0.1, -0.05) is 24.3 Å². The first-order valence-electron chi connectivity index (χ1n) is 4.11. The van der Waals surface area contributed by atoms with Crippen molar-refractivity contribution in [3.8, 4) is 0 Å². The van der Waals surface area contributed by atoms with Crippen LogP contribution >= 0.6 is 0 Å². The van der Waals surface area contributed by atoms with Gasteiger partial charge < -0.3 is 5.73 Å². The van der Waals surface area contributed by atoms with Gasteiger partial charge in [0.05, 0.1) is 0 Å². The first kappa shape index (κ1) is 9.01. The average Bonchev–Trinajstić information content (AvgIpc) is 2.08. The number of hydrogen-bond acceptors (Lipinski definition) is 1. The van der Waals surface area contributed by atoms with Crippen molar-refractivity contribution in [1.29, 1.82) is 0 Å². The summed E-state index contributed by atoms with van der Waals surface area (Å²) in [5, 5.41) is 0. The molecule has 0 saturated carbocycles. The molecule has 1 aromatic rings. The molecular weight excluding hydrogens is 146 g/mol. The molecule has 0 aromatic heterocycles. The summed E-state index contributed by atoms with van der Waals surface area (Å²) in [4.78, 5) is 0. The maximum absolute atomic E-state index is 5.85. The Bertz CT molecular complexity index is 289. The van der Waals surface area contributed by atoms with Crippen LogP contribution < -0.4 is 5.73 Å². The van der Waals surface area contributed by atoms with Crippen molar-refractivity contribution in [3.63, 3.8) is 0 Å². The smallest absolute Gasteiger partial charge is 0.0481 e. The Kier molecular flexibility index (Phi) is 2.66. The van der Waals surface area contributed by atoms with E-state index in [0.717, 1.165) is 0 Å². The zero-order valence-electron chi connectivity index (χ0n) is 7.67. The SMILES string of the molecule is C=C[C@@H](N)c1cccc(C)c1C. The molecule has 1 nitrogen and oxygen atoms in total. The van der Waals surface area contributed by atoms with Gasteiger partial charge in [0.1, 0.15) is 0 Å². The van der Waals surface area contributed by atoms with Gasteiger partial charge in [0, 0.05) is 6.04 Å². The molecule has 1 atom stereocenters. The van der Waals surface area contributed by atoms with Crippen LogP contribution in [0.4, 0.5) is 0 Å². The van der Waals surface area contributed by atoms with Gasteiger partial charge in [0.25, 0.3) is 0 Å². The highest BCUT2D eigenvalue weighted by Crippen LogP contribution is 2.18. The molecule has 1 aromatic carbocycles. The van der Waals surface area contributed by atoms with Gasteiger partial charge in [-0.3, -0.25) is 0 Å². The third-order valence-electron chi connectivity index (χ3n) is 2.26. The summed E-state index contributed by atoms with van der Waals surface area (Å²) in [6, 6.07) is 6.13. The molecule has 0 spiro atoms. The predicted molar refractivity (Wildman–Crippen MR) is 53.0 cm³/mol. The lowest BCUT2D eigenvalue weighted by Crippen LogP contribution is -2.08. The Morgan fingerprint density at radius 2 is 2.08 bits per heavy atom. The summed E-state index contributed by atoms with van der Waals surface area (Å²) in [5.41, 5.74) is 9.57. The highest BCUT2D eigenvalue weighted by molar-refractivity contribution is 5.36. The molecule has 0 heterocycles. The fraction of sp³-hybridized carbons (Fsp3) is 0.273. The predicted octanol–water partition coefficient (Wildman–Crippen LogP) is 2.49. The molecule has 64 valence electrons. The second-order valence-electron chi connectivity index (χ2n) is 3.05. The summed E-state index contributed by atoms with van der Waals surface area (Å²) in [5.74, 6) is 0. The summed E-state index contributed by atoms with van der Waals surface area (Å²) in [6.07, 6.45) is 1.77. The van der Waals surface area contributed by atoms with Gasteiger partial charge >= 0.3 is 0 Å². The van der Waals surface area contributed by atoms with Crippen LogP contribution in [-0.2, 0) is 0 Å². The van der Waals surface area contributed by atoms with E-state index in [9.17, 15) is 0 Å². The van der Waals surface area contributed by atoms with E-state index >= 15 is 0 Å². The molecule has 1 heteroatoms. The molecule has 0 unspecified atom stereocenters. The largest absolute Gasteiger partial charge is 0.321 e. The van der Waals surface area contributed by atoms with Crippen molar-refractivity contribution < 1.29 is 0 Å². The number of hydrogen-bond donors (Lipinski definition) is 1.